The van der Waals surface area contributed by atoms with Crippen molar-refractivity contribution in [3.63, 3.8) is 0 Å². The molecule has 0 aliphatic carbocycles. The van der Waals surface area contributed by atoms with Gasteiger partial charge in [-0.15, -0.1) is 10.2 Å². The minimum atomic E-state index is -0.350. The zero-order chi connectivity index (χ0) is 18.8. The predicted molar refractivity (Wildman–Crippen MR) is 104 cm³/mol. The van der Waals surface area contributed by atoms with Crippen LogP contribution in [0.1, 0.15) is 6.92 Å². The number of nitrogens with zero attached hydrogens (tertiary/aromatic N) is 4. The Morgan fingerprint density at radius 1 is 1.22 bits per heavy atom. The summed E-state index contributed by atoms with van der Waals surface area (Å²) >= 11 is 1.34. The normalized spacial score (nSPS) is 12.2. The highest BCUT2D eigenvalue weighted by molar-refractivity contribution is 8.00. The molecule has 27 heavy (non-hydrogen) atoms. The smallest absolute Gasteiger partial charge is 0.237 e. The van der Waals surface area contributed by atoms with Crippen molar-refractivity contribution in [2.75, 3.05) is 5.32 Å². The number of nitrogens with one attached hydrogen (secondary N) is 1. The fraction of sp³-hybridized carbons (Fsp3) is 0.158. The summed E-state index contributed by atoms with van der Waals surface area (Å²) in [5.41, 5.74) is 1.46. The van der Waals surface area contributed by atoms with E-state index in [4.69, 9.17) is 4.42 Å². The summed E-state index contributed by atoms with van der Waals surface area (Å²) in [5, 5.41) is 12.6. The molecule has 0 saturated heterocycles. The highest BCUT2D eigenvalue weighted by Gasteiger charge is 2.21. The van der Waals surface area contributed by atoms with E-state index in [1.807, 2.05) is 48.9 Å². The highest BCUT2D eigenvalue weighted by Crippen LogP contribution is 2.29. The molecule has 136 valence electrons. The molecular formula is C19H17N5O2S. The molecular weight excluding hydrogens is 362 g/mol. The van der Waals surface area contributed by atoms with Gasteiger partial charge in [0.05, 0.1) is 17.1 Å². The van der Waals surface area contributed by atoms with Crippen LogP contribution in [0.2, 0.25) is 0 Å². The Morgan fingerprint density at radius 3 is 2.85 bits per heavy atom. The molecule has 7 nitrogen and oxygen atoms in total. The van der Waals surface area contributed by atoms with Crippen LogP contribution < -0.4 is 5.32 Å². The zero-order valence-corrected chi connectivity index (χ0v) is 15.6. The van der Waals surface area contributed by atoms with Crippen LogP contribution in [0.15, 0.2) is 64.4 Å². The molecule has 0 aliphatic heterocycles. The Balaban J connectivity index is 1.51. The topological polar surface area (TPSA) is 85.8 Å². The first-order chi connectivity index (χ1) is 13.1. The molecule has 3 aromatic heterocycles. The van der Waals surface area contributed by atoms with Crippen molar-refractivity contribution in [2.45, 2.75) is 17.3 Å². The van der Waals surface area contributed by atoms with Gasteiger partial charge < -0.3 is 14.3 Å². The van der Waals surface area contributed by atoms with Crippen molar-refractivity contribution in [3.8, 4) is 11.6 Å². The van der Waals surface area contributed by atoms with Crippen LogP contribution in [0, 0.1) is 0 Å². The monoisotopic (exact) mass is 379 g/mol. The number of rotatable bonds is 5. The van der Waals surface area contributed by atoms with Gasteiger partial charge >= 0.3 is 0 Å². The number of hydrogen-bond donors (Lipinski definition) is 1. The number of aromatic nitrogens is 4. The van der Waals surface area contributed by atoms with E-state index in [0.29, 0.717) is 22.4 Å². The summed E-state index contributed by atoms with van der Waals surface area (Å²) in [6, 6.07) is 13.3. The minimum absolute atomic E-state index is 0.124. The molecule has 4 rings (SSSR count). The van der Waals surface area contributed by atoms with Gasteiger partial charge in [-0.25, -0.2) is 0 Å². The summed E-state index contributed by atoms with van der Waals surface area (Å²) < 4.78 is 7.69. The molecule has 0 unspecified atom stereocenters. The number of para-hydroxylation sites is 1. The van der Waals surface area contributed by atoms with E-state index in [1.165, 1.54) is 11.8 Å². The number of benzene rings is 1. The molecule has 1 N–H and O–H groups in total. The van der Waals surface area contributed by atoms with E-state index in [1.54, 1.807) is 24.5 Å². The summed E-state index contributed by atoms with van der Waals surface area (Å²) in [6.07, 6.45) is 3.27. The molecule has 8 heteroatoms. The summed E-state index contributed by atoms with van der Waals surface area (Å²) in [7, 11) is 1.86. The van der Waals surface area contributed by atoms with Crippen LogP contribution in [0.5, 0.6) is 0 Å². The maximum absolute atomic E-state index is 12.4. The van der Waals surface area contributed by atoms with Crippen molar-refractivity contribution >= 4 is 34.3 Å². The van der Waals surface area contributed by atoms with Gasteiger partial charge in [0.1, 0.15) is 5.58 Å². The zero-order valence-electron chi connectivity index (χ0n) is 14.8. The maximum Gasteiger partial charge on any atom is 0.237 e. The van der Waals surface area contributed by atoms with E-state index in [2.05, 4.69) is 20.5 Å². The molecule has 0 aliphatic rings. The standard InChI is InChI=1S/C19H17N5O2S/c1-12(18(25)21-14-7-5-9-20-11-14)27-19-23-22-17(24(19)2)16-10-13-6-3-4-8-15(13)26-16/h3-12H,1-2H3,(H,21,25)/t12-/m1/s1. The van der Waals surface area contributed by atoms with Gasteiger partial charge in [-0.3, -0.25) is 9.78 Å². The number of fused-ring (bicyclic) bond motifs is 1. The largest absolute Gasteiger partial charge is 0.453 e. The van der Waals surface area contributed by atoms with E-state index in [0.717, 1.165) is 11.0 Å². The number of pyridine rings is 1. The van der Waals surface area contributed by atoms with Gasteiger partial charge in [-0.2, -0.15) is 0 Å². The van der Waals surface area contributed by atoms with Gasteiger partial charge in [0.25, 0.3) is 0 Å². The third-order valence-corrected chi connectivity index (χ3v) is 5.20. The third-order valence-electron chi connectivity index (χ3n) is 4.06. The van der Waals surface area contributed by atoms with E-state index >= 15 is 0 Å². The molecule has 1 amide bonds. The Labute approximate surface area is 159 Å². The van der Waals surface area contributed by atoms with Crippen LogP contribution >= 0.6 is 11.8 Å². The second kappa shape index (κ2) is 7.24. The van der Waals surface area contributed by atoms with Gasteiger partial charge in [-0.1, -0.05) is 30.0 Å². The summed E-state index contributed by atoms with van der Waals surface area (Å²) in [4.78, 5) is 16.4. The second-order valence-corrected chi connectivity index (χ2v) is 7.31. The van der Waals surface area contributed by atoms with Crippen molar-refractivity contribution in [2.24, 2.45) is 7.05 Å². The van der Waals surface area contributed by atoms with E-state index in [-0.39, 0.29) is 11.2 Å². The lowest BCUT2D eigenvalue weighted by molar-refractivity contribution is -0.115. The van der Waals surface area contributed by atoms with Gasteiger partial charge in [0.2, 0.25) is 5.91 Å². The van der Waals surface area contributed by atoms with Gasteiger partial charge in [0.15, 0.2) is 16.7 Å². The first kappa shape index (κ1) is 17.3. The van der Waals surface area contributed by atoms with E-state index < -0.39 is 0 Å². The average Bonchev–Trinajstić information content (AvgIpc) is 3.26. The lowest BCUT2D eigenvalue weighted by Crippen LogP contribution is -2.22. The van der Waals surface area contributed by atoms with Crippen LogP contribution in [-0.4, -0.2) is 30.9 Å². The van der Waals surface area contributed by atoms with Gasteiger partial charge in [-0.05, 0) is 31.2 Å². The minimum Gasteiger partial charge on any atom is -0.453 e. The third kappa shape index (κ3) is 3.56. The fourth-order valence-corrected chi connectivity index (χ4v) is 3.43. The van der Waals surface area contributed by atoms with Crippen molar-refractivity contribution in [3.05, 3.63) is 54.9 Å². The number of carbonyl (C=O) groups is 1. The Hall–Kier alpha value is -3.13. The van der Waals surface area contributed by atoms with Crippen LogP contribution in [0.3, 0.4) is 0 Å². The molecule has 0 spiro atoms. The SMILES string of the molecule is C[C@@H](Sc1nnc(-c2cc3ccccc3o2)n1C)C(=O)Nc1cccnc1. The Kier molecular flexibility index (Phi) is 4.64. The van der Waals surface area contributed by atoms with Crippen LogP contribution in [0.25, 0.3) is 22.6 Å². The lowest BCUT2D eigenvalue weighted by Gasteiger charge is -2.11. The molecule has 0 fully saturated rings. The quantitative estimate of drug-likeness (QED) is 0.532. The molecule has 0 radical (unpaired) electrons. The van der Waals surface area contributed by atoms with Crippen molar-refractivity contribution in [1.29, 1.82) is 0 Å². The van der Waals surface area contributed by atoms with Gasteiger partial charge in [0, 0.05) is 18.6 Å². The Morgan fingerprint density at radius 2 is 2.07 bits per heavy atom. The highest BCUT2D eigenvalue weighted by atomic mass is 32.2. The summed E-state index contributed by atoms with van der Waals surface area (Å²) in [6.45, 7) is 1.83. The van der Waals surface area contributed by atoms with Crippen LogP contribution in [0.4, 0.5) is 5.69 Å². The molecule has 1 aromatic carbocycles. The number of anilines is 1. The molecule has 0 saturated carbocycles. The second-order valence-electron chi connectivity index (χ2n) is 6.00. The first-order valence-corrected chi connectivity index (χ1v) is 9.25. The number of amides is 1. The van der Waals surface area contributed by atoms with E-state index in [9.17, 15) is 4.79 Å². The number of carbonyl (C=O) groups excluding carboxylic acids is 1. The number of hydrogen-bond acceptors (Lipinski definition) is 6. The molecule has 4 aromatic rings. The Bertz CT molecular complexity index is 1060. The summed E-state index contributed by atoms with van der Waals surface area (Å²) in [5.74, 6) is 1.14. The van der Waals surface area contributed by atoms with Crippen LogP contribution in [-0.2, 0) is 11.8 Å². The number of thioether (sulfide) groups is 1. The lowest BCUT2D eigenvalue weighted by atomic mass is 10.2. The average molecular weight is 379 g/mol. The fourth-order valence-electron chi connectivity index (χ4n) is 2.62. The molecule has 3 heterocycles. The van der Waals surface area contributed by atoms with Crippen molar-refractivity contribution in [1.82, 2.24) is 19.7 Å². The molecule has 0 bridgehead atoms. The maximum atomic E-state index is 12.4. The number of furan rings is 1. The predicted octanol–water partition coefficient (Wildman–Crippen LogP) is 3.74. The molecule has 1 atom stereocenters. The first-order valence-electron chi connectivity index (χ1n) is 8.37. The van der Waals surface area contributed by atoms with Crippen molar-refractivity contribution < 1.29 is 9.21 Å².